The predicted octanol–water partition coefficient (Wildman–Crippen LogP) is 2.22. The summed E-state index contributed by atoms with van der Waals surface area (Å²) in [5, 5.41) is 2.65. The molecule has 0 spiro atoms. The first-order valence-electron chi connectivity index (χ1n) is 3.42. The van der Waals surface area contributed by atoms with Crippen molar-refractivity contribution in [3.05, 3.63) is 34.8 Å². The lowest BCUT2D eigenvalue weighted by molar-refractivity contribution is -0.110. The Labute approximate surface area is 78.4 Å². The van der Waals surface area contributed by atoms with E-state index in [9.17, 15) is 4.79 Å². The van der Waals surface area contributed by atoms with Crippen molar-refractivity contribution in [3.8, 4) is 0 Å². The van der Waals surface area contributed by atoms with Crippen LogP contribution in [0.2, 0.25) is 0 Å². The molecule has 59 valence electrons. The van der Waals surface area contributed by atoms with E-state index < -0.39 is 0 Å². The molecule has 0 fully saturated rings. The van der Waals surface area contributed by atoms with Crippen LogP contribution in [0.25, 0.3) is 5.57 Å². The van der Waals surface area contributed by atoms with E-state index in [1.807, 2.05) is 18.2 Å². The van der Waals surface area contributed by atoms with Gasteiger partial charge in [0.05, 0.1) is 0 Å². The molecule has 1 amide bonds. The fourth-order valence-electron chi connectivity index (χ4n) is 1.16. The van der Waals surface area contributed by atoms with Crippen molar-refractivity contribution < 1.29 is 4.79 Å². The summed E-state index contributed by atoms with van der Waals surface area (Å²) in [5.74, 6) is -0.219. The first-order valence-corrected chi connectivity index (χ1v) is 4.21. The molecule has 2 rings (SSSR count). The van der Waals surface area contributed by atoms with Crippen LogP contribution in [-0.4, -0.2) is 5.91 Å². The third-order valence-corrected chi connectivity index (χ3v) is 2.26. The molecule has 1 heterocycles. The van der Waals surface area contributed by atoms with Gasteiger partial charge in [-0.1, -0.05) is 15.9 Å². The standard InChI is InChI=1S/C9H5BrNO/c1-5-7-4-6(10)2-3-8(7)11-9(5)12/h1-4H,(H,11,12). The lowest BCUT2D eigenvalue weighted by Gasteiger charge is -1.96. The highest BCUT2D eigenvalue weighted by Crippen LogP contribution is 2.32. The number of carbonyl (C=O) groups is 1. The molecule has 0 aliphatic carbocycles. The molecule has 0 bridgehead atoms. The maximum Gasteiger partial charge on any atom is 0.256 e. The molecular formula is C9H5BrNO. The third-order valence-electron chi connectivity index (χ3n) is 1.76. The van der Waals surface area contributed by atoms with Gasteiger partial charge >= 0.3 is 0 Å². The predicted molar refractivity (Wildman–Crippen MR) is 50.5 cm³/mol. The molecule has 0 aromatic heterocycles. The van der Waals surface area contributed by atoms with Gasteiger partial charge in [-0.25, -0.2) is 0 Å². The van der Waals surface area contributed by atoms with Crippen LogP contribution in [0.1, 0.15) is 5.56 Å². The number of hydrogen-bond donors (Lipinski definition) is 1. The van der Waals surface area contributed by atoms with Gasteiger partial charge in [0.25, 0.3) is 5.91 Å². The van der Waals surface area contributed by atoms with E-state index in [0.29, 0.717) is 0 Å². The molecule has 3 heteroatoms. The van der Waals surface area contributed by atoms with Gasteiger partial charge in [-0.15, -0.1) is 0 Å². The second kappa shape index (κ2) is 2.45. The zero-order chi connectivity index (χ0) is 8.72. The lowest BCUT2D eigenvalue weighted by Crippen LogP contribution is -2.02. The van der Waals surface area contributed by atoms with Crippen molar-refractivity contribution in [1.29, 1.82) is 0 Å². The Morgan fingerprint density at radius 3 is 2.92 bits per heavy atom. The summed E-state index contributed by atoms with van der Waals surface area (Å²) < 4.78 is 0.917. The molecule has 12 heavy (non-hydrogen) atoms. The first-order chi connectivity index (χ1) is 5.68. The van der Waals surface area contributed by atoms with Gasteiger partial charge in [0.1, 0.15) is 0 Å². The number of carbonyl (C=O) groups excluding carboxylic acids is 1. The number of benzene rings is 1. The lowest BCUT2D eigenvalue weighted by atomic mass is 10.1. The summed E-state index contributed by atoms with van der Waals surface area (Å²) in [7, 11) is 0. The van der Waals surface area contributed by atoms with Crippen molar-refractivity contribution >= 4 is 33.1 Å². The molecule has 0 atom stereocenters. The highest BCUT2D eigenvalue weighted by atomic mass is 79.9. The molecule has 1 aromatic rings. The maximum absolute atomic E-state index is 11.1. The molecule has 0 saturated heterocycles. The number of amides is 1. The summed E-state index contributed by atoms with van der Waals surface area (Å²) in [6, 6.07) is 5.50. The Hall–Kier alpha value is -1.09. The van der Waals surface area contributed by atoms with Crippen molar-refractivity contribution in [2.75, 3.05) is 5.32 Å². The van der Waals surface area contributed by atoms with Crippen molar-refractivity contribution in [1.82, 2.24) is 0 Å². The van der Waals surface area contributed by atoms with E-state index in [-0.39, 0.29) is 11.5 Å². The number of rotatable bonds is 0. The van der Waals surface area contributed by atoms with E-state index in [4.69, 9.17) is 6.58 Å². The Bertz CT molecular complexity index is 384. The van der Waals surface area contributed by atoms with Gasteiger partial charge in [0.2, 0.25) is 0 Å². The number of anilines is 1. The Morgan fingerprint density at radius 1 is 1.42 bits per heavy atom. The highest BCUT2D eigenvalue weighted by molar-refractivity contribution is 9.10. The summed E-state index contributed by atoms with van der Waals surface area (Å²) in [6.45, 7) is 5.54. The molecular weight excluding hydrogens is 218 g/mol. The minimum atomic E-state index is -0.219. The second-order valence-electron chi connectivity index (χ2n) is 2.56. The van der Waals surface area contributed by atoms with Gasteiger partial charge in [-0.3, -0.25) is 4.79 Å². The monoisotopic (exact) mass is 222 g/mol. The van der Waals surface area contributed by atoms with E-state index in [0.717, 1.165) is 15.7 Å². The number of nitrogens with one attached hydrogen (secondary N) is 1. The summed E-state index contributed by atoms with van der Waals surface area (Å²) >= 11 is 3.30. The van der Waals surface area contributed by atoms with E-state index in [2.05, 4.69) is 21.2 Å². The van der Waals surface area contributed by atoms with Gasteiger partial charge < -0.3 is 5.32 Å². The Morgan fingerprint density at radius 2 is 2.17 bits per heavy atom. The van der Waals surface area contributed by atoms with Crippen molar-refractivity contribution in [2.24, 2.45) is 0 Å². The zero-order valence-corrected chi connectivity index (χ0v) is 7.68. The van der Waals surface area contributed by atoms with Gasteiger partial charge in [-0.2, -0.15) is 0 Å². The van der Waals surface area contributed by atoms with E-state index >= 15 is 0 Å². The normalized spacial score (nSPS) is 14.4. The molecule has 1 N–H and O–H groups in total. The van der Waals surface area contributed by atoms with Crippen LogP contribution in [0.4, 0.5) is 5.69 Å². The first kappa shape index (κ1) is 7.55. The molecule has 1 aliphatic heterocycles. The van der Waals surface area contributed by atoms with Crippen LogP contribution in [0, 0.1) is 6.58 Å². The topological polar surface area (TPSA) is 29.1 Å². The number of halogens is 1. The summed E-state index contributed by atoms with van der Waals surface area (Å²) in [4.78, 5) is 11.1. The summed E-state index contributed by atoms with van der Waals surface area (Å²) in [6.07, 6.45) is 0. The number of fused-ring (bicyclic) bond motifs is 1. The van der Waals surface area contributed by atoms with Crippen LogP contribution >= 0.6 is 15.9 Å². The van der Waals surface area contributed by atoms with E-state index in [1.165, 1.54) is 0 Å². The number of hydrogen-bond acceptors (Lipinski definition) is 1. The third kappa shape index (κ3) is 0.975. The molecule has 1 aromatic carbocycles. The largest absolute Gasteiger partial charge is 0.321 e. The highest BCUT2D eigenvalue weighted by Gasteiger charge is 2.21. The van der Waals surface area contributed by atoms with Gasteiger partial charge in [0, 0.05) is 21.3 Å². The SMILES string of the molecule is [CH]=C1C(=O)Nc2ccc(Br)cc21. The quantitative estimate of drug-likeness (QED) is 0.671. The Kier molecular flexibility index (Phi) is 1.54. The van der Waals surface area contributed by atoms with Crippen LogP contribution in [0.5, 0.6) is 0 Å². The van der Waals surface area contributed by atoms with Gasteiger partial charge in [-0.05, 0) is 24.8 Å². The molecule has 0 unspecified atom stereocenters. The fraction of sp³-hybridized carbons (Fsp3) is 0. The summed E-state index contributed by atoms with van der Waals surface area (Å²) in [5.41, 5.74) is 1.83. The molecule has 0 saturated carbocycles. The zero-order valence-electron chi connectivity index (χ0n) is 6.10. The minimum absolute atomic E-state index is 0.219. The maximum atomic E-state index is 11.1. The second-order valence-corrected chi connectivity index (χ2v) is 3.47. The van der Waals surface area contributed by atoms with Crippen LogP contribution < -0.4 is 5.32 Å². The van der Waals surface area contributed by atoms with Crippen molar-refractivity contribution in [3.63, 3.8) is 0 Å². The van der Waals surface area contributed by atoms with Crippen LogP contribution in [-0.2, 0) is 4.79 Å². The van der Waals surface area contributed by atoms with Gasteiger partial charge in [0.15, 0.2) is 0 Å². The molecule has 1 radical (unpaired) electrons. The van der Waals surface area contributed by atoms with Crippen LogP contribution in [0.15, 0.2) is 22.7 Å². The average molecular weight is 223 g/mol. The van der Waals surface area contributed by atoms with Crippen molar-refractivity contribution in [2.45, 2.75) is 0 Å². The van der Waals surface area contributed by atoms with E-state index in [1.54, 1.807) is 0 Å². The van der Waals surface area contributed by atoms with Crippen LogP contribution in [0.3, 0.4) is 0 Å². The molecule has 2 nitrogen and oxygen atoms in total. The molecule has 1 aliphatic rings. The fourth-order valence-corrected chi connectivity index (χ4v) is 1.52. The minimum Gasteiger partial charge on any atom is -0.321 e. The smallest absolute Gasteiger partial charge is 0.256 e. The average Bonchev–Trinajstić information content (AvgIpc) is 2.31. The Balaban J connectivity index is 2.63.